The smallest absolute Gasteiger partial charge is 0.332 e. The molecular formula is C20H20FN5O4S. The van der Waals surface area contributed by atoms with E-state index in [1.54, 1.807) is 11.0 Å². The molecule has 1 amide bonds. The lowest BCUT2D eigenvalue weighted by molar-refractivity contribution is -0.132. The van der Waals surface area contributed by atoms with E-state index in [4.69, 9.17) is 4.74 Å². The van der Waals surface area contributed by atoms with Gasteiger partial charge in [-0.3, -0.25) is 18.7 Å². The van der Waals surface area contributed by atoms with Gasteiger partial charge in [0.25, 0.3) is 5.56 Å². The molecule has 0 spiro atoms. The van der Waals surface area contributed by atoms with E-state index in [0.29, 0.717) is 31.9 Å². The number of aryl methyl sites for hydroxylation is 1. The molecule has 0 radical (unpaired) electrons. The highest BCUT2D eigenvalue weighted by Crippen LogP contribution is 2.26. The summed E-state index contributed by atoms with van der Waals surface area (Å²) >= 11 is 1.10. The van der Waals surface area contributed by atoms with Gasteiger partial charge in [-0.05, 0) is 12.1 Å². The number of halogens is 1. The molecular weight excluding hydrogens is 425 g/mol. The van der Waals surface area contributed by atoms with Gasteiger partial charge in [0.2, 0.25) is 5.91 Å². The molecule has 2 aromatic heterocycles. The Balaban J connectivity index is 1.82. The summed E-state index contributed by atoms with van der Waals surface area (Å²) in [5.74, 6) is -0.345. The summed E-state index contributed by atoms with van der Waals surface area (Å²) in [6, 6.07) is 5.73. The van der Waals surface area contributed by atoms with E-state index in [1.165, 1.54) is 36.9 Å². The Labute approximate surface area is 180 Å². The fourth-order valence-electron chi connectivity index (χ4n) is 3.32. The van der Waals surface area contributed by atoms with E-state index >= 15 is 0 Å². The van der Waals surface area contributed by atoms with Crippen molar-refractivity contribution in [1.82, 2.24) is 24.0 Å². The number of carbonyl (C=O) groups is 1. The van der Waals surface area contributed by atoms with E-state index in [0.717, 1.165) is 16.3 Å². The number of morpholine rings is 1. The van der Waals surface area contributed by atoms with Crippen LogP contribution in [0.5, 0.6) is 0 Å². The third-order valence-corrected chi connectivity index (χ3v) is 6.01. The lowest BCUT2D eigenvalue weighted by Crippen LogP contribution is -2.41. The summed E-state index contributed by atoms with van der Waals surface area (Å²) in [6.07, 6.45) is 0. The quantitative estimate of drug-likeness (QED) is 0.432. The van der Waals surface area contributed by atoms with Crippen LogP contribution in [-0.4, -0.2) is 62.0 Å². The van der Waals surface area contributed by atoms with Gasteiger partial charge >= 0.3 is 5.69 Å². The van der Waals surface area contributed by atoms with Crippen molar-refractivity contribution >= 4 is 28.7 Å². The second-order valence-electron chi connectivity index (χ2n) is 7.05. The minimum absolute atomic E-state index is 0.0562. The Morgan fingerprint density at radius 1 is 1.16 bits per heavy atom. The van der Waals surface area contributed by atoms with Crippen LogP contribution < -0.4 is 11.2 Å². The summed E-state index contributed by atoms with van der Waals surface area (Å²) < 4.78 is 21.2. The second-order valence-corrected chi connectivity index (χ2v) is 8.01. The number of rotatable bonds is 4. The highest BCUT2D eigenvalue weighted by Gasteiger charge is 2.21. The zero-order chi connectivity index (χ0) is 22.1. The van der Waals surface area contributed by atoms with Gasteiger partial charge in [-0.25, -0.2) is 19.2 Å². The maximum Gasteiger partial charge on any atom is 0.332 e. The summed E-state index contributed by atoms with van der Waals surface area (Å²) in [5, 5.41) is 0.409. The van der Waals surface area contributed by atoms with Crippen molar-refractivity contribution in [3.63, 3.8) is 0 Å². The molecule has 3 heterocycles. The van der Waals surface area contributed by atoms with E-state index in [9.17, 15) is 18.8 Å². The molecule has 1 saturated heterocycles. The summed E-state index contributed by atoms with van der Waals surface area (Å²) in [7, 11) is 2.87. The number of ether oxygens (including phenoxy) is 1. The number of amides is 1. The summed E-state index contributed by atoms with van der Waals surface area (Å²) in [4.78, 5) is 48.4. The van der Waals surface area contributed by atoms with Crippen molar-refractivity contribution in [3.05, 3.63) is 50.9 Å². The highest BCUT2D eigenvalue weighted by atomic mass is 32.2. The van der Waals surface area contributed by atoms with E-state index < -0.39 is 17.1 Å². The molecule has 1 aliphatic rings. The fourth-order valence-corrected chi connectivity index (χ4v) is 4.24. The molecule has 0 unspecified atom stereocenters. The van der Waals surface area contributed by atoms with Crippen LogP contribution in [0.4, 0.5) is 4.39 Å². The number of benzene rings is 1. The van der Waals surface area contributed by atoms with Gasteiger partial charge in [0.1, 0.15) is 16.2 Å². The van der Waals surface area contributed by atoms with Crippen LogP contribution in [-0.2, 0) is 23.6 Å². The average molecular weight is 445 g/mol. The minimum atomic E-state index is -0.551. The Morgan fingerprint density at radius 2 is 1.90 bits per heavy atom. The molecule has 11 heteroatoms. The first-order chi connectivity index (χ1) is 14.9. The molecule has 31 heavy (non-hydrogen) atoms. The van der Waals surface area contributed by atoms with Gasteiger partial charge in [-0.2, -0.15) is 0 Å². The Morgan fingerprint density at radius 3 is 2.61 bits per heavy atom. The topological polar surface area (TPSA) is 99.3 Å². The first kappa shape index (κ1) is 21.2. The molecule has 3 aromatic rings. The van der Waals surface area contributed by atoms with Crippen LogP contribution >= 0.6 is 11.8 Å². The first-order valence-electron chi connectivity index (χ1n) is 9.59. The fraction of sp³-hybridized carbons (Fsp3) is 0.350. The maximum atomic E-state index is 13.8. The monoisotopic (exact) mass is 445 g/mol. The normalized spacial score (nSPS) is 14.2. The van der Waals surface area contributed by atoms with Gasteiger partial charge in [-0.1, -0.05) is 23.9 Å². The zero-order valence-corrected chi connectivity index (χ0v) is 17.8. The van der Waals surface area contributed by atoms with Crippen molar-refractivity contribution in [2.45, 2.75) is 5.03 Å². The molecule has 1 fully saturated rings. The lowest BCUT2D eigenvalue weighted by atomic mass is 10.2. The Bertz CT molecular complexity index is 1280. The van der Waals surface area contributed by atoms with Gasteiger partial charge in [0.15, 0.2) is 11.5 Å². The third-order valence-electron chi connectivity index (χ3n) is 5.05. The average Bonchev–Trinajstić information content (AvgIpc) is 2.79. The lowest BCUT2D eigenvalue weighted by Gasteiger charge is -2.26. The van der Waals surface area contributed by atoms with Crippen LogP contribution in [0.2, 0.25) is 0 Å². The number of aromatic nitrogens is 4. The van der Waals surface area contributed by atoms with Crippen LogP contribution in [0, 0.1) is 5.82 Å². The van der Waals surface area contributed by atoms with Crippen LogP contribution in [0.1, 0.15) is 0 Å². The predicted octanol–water partition coefficient (Wildman–Crippen LogP) is 0.784. The number of carbonyl (C=O) groups excluding carboxylic acids is 1. The molecule has 1 aliphatic heterocycles. The molecule has 0 aliphatic carbocycles. The predicted molar refractivity (Wildman–Crippen MR) is 114 cm³/mol. The Kier molecular flexibility index (Phi) is 5.88. The maximum absolute atomic E-state index is 13.8. The second kappa shape index (κ2) is 8.60. The number of thioether (sulfide) groups is 1. The molecule has 0 atom stereocenters. The van der Waals surface area contributed by atoms with Gasteiger partial charge in [0, 0.05) is 32.7 Å². The molecule has 0 N–H and O–H groups in total. The van der Waals surface area contributed by atoms with Crippen molar-refractivity contribution in [1.29, 1.82) is 0 Å². The van der Waals surface area contributed by atoms with E-state index in [-0.39, 0.29) is 33.5 Å². The number of nitrogens with zero attached hydrogens (tertiary/aromatic N) is 5. The molecule has 0 saturated carbocycles. The van der Waals surface area contributed by atoms with E-state index in [1.807, 2.05) is 0 Å². The van der Waals surface area contributed by atoms with Crippen LogP contribution in [0.3, 0.4) is 0 Å². The summed E-state index contributed by atoms with van der Waals surface area (Å²) in [5.41, 5.74) is -0.563. The SMILES string of the molecule is Cn1c(=O)c2c(SCC(=O)N3CCOCC3)nc(-c3cccc(F)c3)nc2n(C)c1=O. The van der Waals surface area contributed by atoms with Crippen molar-refractivity contribution in [3.8, 4) is 11.4 Å². The van der Waals surface area contributed by atoms with Crippen molar-refractivity contribution in [2.24, 2.45) is 14.1 Å². The Hall–Kier alpha value is -3.05. The van der Waals surface area contributed by atoms with Gasteiger partial charge in [-0.15, -0.1) is 0 Å². The molecule has 9 nitrogen and oxygen atoms in total. The largest absolute Gasteiger partial charge is 0.378 e. The molecule has 162 valence electrons. The minimum Gasteiger partial charge on any atom is -0.378 e. The number of hydrogen-bond acceptors (Lipinski definition) is 7. The number of fused-ring (bicyclic) bond motifs is 1. The van der Waals surface area contributed by atoms with E-state index in [2.05, 4.69) is 9.97 Å². The standard InChI is InChI=1S/C20H20FN5O4S/c1-24-17-15(19(28)25(2)20(24)29)18(31-11-14(27)26-6-8-30-9-7-26)23-16(22-17)12-4-3-5-13(21)10-12/h3-5,10H,6-9,11H2,1-2H3. The third kappa shape index (κ3) is 4.10. The van der Waals surface area contributed by atoms with Crippen LogP contribution in [0.25, 0.3) is 22.4 Å². The van der Waals surface area contributed by atoms with Crippen molar-refractivity contribution < 1.29 is 13.9 Å². The number of hydrogen-bond donors (Lipinski definition) is 0. The summed E-state index contributed by atoms with van der Waals surface area (Å²) in [6.45, 7) is 1.99. The molecule has 1 aromatic carbocycles. The highest BCUT2D eigenvalue weighted by molar-refractivity contribution is 8.00. The molecule has 0 bridgehead atoms. The van der Waals surface area contributed by atoms with Gasteiger partial charge in [0.05, 0.1) is 19.0 Å². The van der Waals surface area contributed by atoms with Gasteiger partial charge < -0.3 is 9.64 Å². The first-order valence-corrected chi connectivity index (χ1v) is 10.6. The zero-order valence-electron chi connectivity index (χ0n) is 17.0. The molecule has 4 rings (SSSR count). The van der Waals surface area contributed by atoms with Crippen molar-refractivity contribution in [2.75, 3.05) is 32.1 Å². The van der Waals surface area contributed by atoms with Crippen LogP contribution in [0.15, 0.2) is 38.9 Å².